The summed E-state index contributed by atoms with van der Waals surface area (Å²) in [5.41, 5.74) is 0.233. The van der Waals surface area contributed by atoms with E-state index in [-0.39, 0.29) is 10.6 Å². The average molecular weight is 338 g/mol. The van der Waals surface area contributed by atoms with E-state index >= 15 is 0 Å². The highest BCUT2D eigenvalue weighted by molar-refractivity contribution is 6.30. The van der Waals surface area contributed by atoms with Gasteiger partial charge >= 0.3 is 5.97 Å². The number of anilines is 1. The van der Waals surface area contributed by atoms with Gasteiger partial charge in [-0.3, -0.25) is 4.79 Å². The molecule has 0 fully saturated rings. The molecule has 7 heteroatoms. The fourth-order valence-electron chi connectivity index (χ4n) is 1.74. The summed E-state index contributed by atoms with van der Waals surface area (Å²) in [4.78, 5) is 23.4. The van der Waals surface area contributed by atoms with Crippen LogP contribution in [0.3, 0.4) is 0 Å². The van der Waals surface area contributed by atoms with Crippen LogP contribution in [0.1, 0.15) is 10.4 Å². The first kappa shape index (κ1) is 16.8. The Morgan fingerprint density at radius 1 is 1.17 bits per heavy atom. The van der Waals surface area contributed by atoms with E-state index in [1.807, 2.05) is 0 Å². The van der Waals surface area contributed by atoms with Crippen LogP contribution in [-0.2, 0) is 9.53 Å². The minimum Gasteiger partial charge on any atom is -0.497 e. The van der Waals surface area contributed by atoms with E-state index in [1.165, 1.54) is 19.2 Å². The van der Waals surface area contributed by atoms with Crippen LogP contribution in [0.15, 0.2) is 42.5 Å². The zero-order valence-electron chi connectivity index (χ0n) is 12.1. The molecule has 0 aliphatic heterocycles. The lowest BCUT2D eigenvalue weighted by atomic mass is 10.2. The fraction of sp³-hybridized carbons (Fsp3) is 0.125. The largest absolute Gasteiger partial charge is 0.497 e. The van der Waals surface area contributed by atoms with Gasteiger partial charge in [0.05, 0.1) is 12.7 Å². The van der Waals surface area contributed by atoms with Crippen molar-refractivity contribution in [2.24, 2.45) is 0 Å². The molecule has 0 saturated heterocycles. The minimum atomic E-state index is -0.941. The molecule has 0 atom stereocenters. The van der Waals surface area contributed by atoms with Crippen molar-refractivity contribution >= 4 is 29.2 Å². The predicted molar refractivity (Wildman–Crippen MR) is 83.3 cm³/mol. The van der Waals surface area contributed by atoms with Crippen LogP contribution in [-0.4, -0.2) is 25.6 Å². The van der Waals surface area contributed by atoms with Crippen molar-refractivity contribution < 1.29 is 23.5 Å². The molecule has 120 valence electrons. The van der Waals surface area contributed by atoms with Crippen LogP contribution in [0, 0.1) is 5.82 Å². The molecule has 0 radical (unpaired) electrons. The first-order valence-corrected chi connectivity index (χ1v) is 6.93. The Morgan fingerprint density at radius 2 is 1.87 bits per heavy atom. The molecule has 0 aliphatic carbocycles. The number of halogens is 2. The van der Waals surface area contributed by atoms with Crippen molar-refractivity contribution in [2.75, 3.05) is 19.0 Å². The standard InChI is InChI=1S/C16H13ClFNO4/c1-22-12-5-3-11(4-6-12)19-15(20)9-23-16(21)13-7-2-10(17)8-14(13)18/h2-8H,9H2,1H3,(H,19,20). The number of hydrogen-bond acceptors (Lipinski definition) is 4. The number of carbonyl (C=O) groups excluding carboxylic acids is 2. The van der Waals surface area contributed by atoms with Gasteiger partial charge < -0.3 is 14.8 Å². The lowest BCUT2D eigenvalue weighted by Gasteiger charge is -2.08. The summed E-state index contributed by atoms with van der Waals surface area (Å²) in [6.07, 6.45) is 0. The van der Waals surface area contributed by atoms with Crippen molar-refractivity contribution in [2.45, 2.75) is 0 Å². The molecule has 0 spiro atoms. The van der Waals surface area contributed by atoms with Gasteiger partial charge in [-0.2, -0.15) is 0 Å². The third-order valence-corrected chi connectivity index (χ3v) is 3.09. The van der Waals surface area contributed by atoms with Gasteiger partial charge in [0.2, 0.25) is 0 Å². The maximum Gasteiger partial charge on any atom is 0.341 e. The molecular formula is C16H13ClFNO4. The van der Waals surface area contributed by atoms with Crippen LogP contribution in [0.4, 0.5) is 10.1 Å². The van der Waals surface area contributed by atoms with Gasteiger partial charge in [-0.25, -0.2) is 9.18 Å². The molecule has 5 nitrogen and oxygen atoms in total. The highest BCUT2D eigenvalue weighted by Crippen LogP contribution is 2.16. The quantitative estimate of drug-likeness (QED) is 0.850. The zero-order chi connectivity index (χ0) is 16.8. The number of amides is 1. The van der Waals surface area contributed by atoms with Crippen molar-refractivity contribution in [3.63, 3.8) is 0 Å². The second-order valence-electron chi connectivity index (χ2n) is 4.48. The van der Waals surface area contributed by atoms with Crippen LogP contribution in [0.25, 0.3) is 0 Å². The third kappa shape index (κ3) is 4.69. The van der Waals surface area contributed by atoms with Crippen LogP contribution in [0.5, 0.6) is 5.75 Å². The summed E-state index contributed by atoms with van der Waals surface area (Å²) in [7, 11) is 1.53. The van der Waals surface area contributed by atoms with Crippen molar-refractivity contribution in [3.05, 3.63) is 58.9 Å². The Balaban J connectivity index is 1.89. The Kier molecular flexibility index (Phi) is 5.54. The third-order valence-electron chi connectivity index (χ3n) is 2.86. The minimum absolute atomic E-state index is 0.163. The van der Waals surface area contributed by atoms with Crippen molar-refractivity contribution in [3.8, 4) is 5.75 Å². The Morgan fingerprint density at radius 3 is 2.48 bits per heavy atom. The molecule has 0 bridgehead atoms. The molecule has 0 aromatic heterocycles. The van der Waals surface area contributed by atoms with Crippen LogP contribution in [0.2, 0.25) is 5.02 Å². The van der Waals surface area contributed by atoms with Gasteiger partial charge in [-0.15, -0.1) is 0 Å². The molecule has 2 aromatic carbocycles. The summed E-state index contributed by atoms with van der Waals surface area (Å²) in [6, 6.07) is 10.2. The van der Waals surface area contributed by atoms with Crippen molar-refractivity contribution in [1.82, 2.24) is 0 Å². The summed E-state index contributed by atoms with van der Waals surface area (Å²) >= 11 is 5.60. The maximum absolute atomic E-state index is 13.5. The maximum atomic E-state index is 13.5. The molecule has 2 aromatic rings. The van der Waals surface area contributed by atoms with E-state index in [4.69, 9.17) is 21.1 Å². The average Bonchev–Trinajstić information content (AvgIpc) is 2.53. The lowest BCUT2D eigenvalue weighted by Crippen LogP contribution is -2.21. The molecular weight excluding hydrogens is 325 g/mol. The predicted octanol–water partition coefficient (Wildman–Crippen LogP) is 3.28. The van der Waals surface area contributed by atoms with Gasteiger partial charge in [0.15, 0.2) is 6.61 Å². The van der Waals surface area contributed by atoms with E-state index < -0.39 is 24.3 Å². The number of nitrogens with one attached hydrogen (secondary N) is 1. The second-order valence-corrected chi connectivity index (χ2v) is 4.91. The molecule has 2 rings (SSSR count). The van der Waals surface area contributed by atoms with Gasteiger partial charge in [-0.05, 0) is 42.5 Å². The number of hydrogen-bond donors (Lipinski definition) is 1. The van der Waals surface area contributed by atoms with Gasteiger partial charge in [0, 0.05) is 10.7 Å². The normalized spacial score (nSPS) is 10.0. The van der Waals surface area contributed by atoms with E-state index in [2.05, 4.69) is 5.32 Å². The number of methoxy groups -OCH3 is 1. The van der Waals surface area contributed by atoms with Crippen LogP contribution >= 0.6 is 11.6 Å². The van der Waals surface area contributed by atoms with Crippen molar-refractivity contribution in [1.29, 1.82) is 0 Å². The molecule has 0 saturated carbocycles. The number of carbonyl (C=O) groups is 2. The fourth-order valence-corrected chi connectivity index (χ4v) is 1.89. The lowest BCUT2D eigenvalue weighted by molar-refractivity contribution is -0.119. The molecule has 1 amide bonds. The number of benzene rings is 2. The smallest absolute Gasteiger partial charge is 0.341 e. The Labute approximate surface area is 137 Å². The summed E-state index contributed by atoms with van der Waals surface area (Å²) in [5, 5.41) is 2.70. The number of ether oxygens (including phenoxy) is 2. The zero-order valence-corrected chi connectivity index (χ0v) is 12.9. The molecule has 0 aliphatic rings. The number of esters is 1. The molecule has 0 unspecified atom stereocenters. The Hall–Kier alpha value is -2.60. The summed E-state index contributed by atoms with van der Waals surface area (Å²) in [5.74, 6) is -1.65. The SMILES string of the molecule is COc1ccc(NC(=O)COC(=O)c2ccc(Cl)cc2F)cc1. The van der Waals surface area contributed by atoms with E-state index in [1.54, 1.807) is 24.3 Å². The highest BCUT2D eigenvalue weighted by atomic mass is 35.5. The van der Waals surface area contributed by atoms with Crippen LogP contribution < -0.4 is 10.1 Å². The number of rotatable bonds is 5. The first-order chi connectivity index (χ1) is 11.0. The van der Waals surface area contributed by atoms with E-state index in [0.717, 1.165) is 6.07 Å². The summed E-state index contributed by atoms with van der Waals surface area (Å²) in [6.45, 7) is -0.535. The Bertz CT molecular complexity index is 719. The summed E-state index contributed by atoms with van der Waals surface area (Å²) < 4.78 is 23.3. The van der Waals surface area contributed by atoms with E-state index in [9.17, 15) is 14.0 Å². The monoisotopic (exact) mass is 337 g/mol. The molecule has 0 heterocycles. The first-order valence-electron chi connectivity index (χ1n) is 6.55. The highest BCUT2D eigenvalue weighted by Gasteiger charge is 2.15. The van der Waals surface area contributed by atoms with Gasteiger partial charge in [0.25, 0.3) is 5.91 Å². The second kappa shape index (κ2) is 7.60. The van der Waals surface area contributed by atoms with Gasteiger partial charge in [-0.1, -0.05) is 11.6 Å². The molecule has 1 N–H and O–H groups in total. The van der Waals surface area contributed by atoms with E-state index in [0.29, 0.717) is 11.4 Å². The van der Waals surface area contributed by atoms with Gasteiger partial charge in [0.1, 0.15) is 11.6 Å². The topological polar surface area (TPSA) is 64.6 Å². The molecule has 23 heavy (non-hydrogen) atoms.